The molecule has 204 valence electrons. The molecule has 0 aliphatic heterocycles. The van der Waals surface area contributed by atoms with Crippen molar-refractivity contribution in [2.24, 2.45) is 0 Å². The Morgan fingerprint density at radius 3 is 2.33 bits per heavy atom. The van der Waals surface area contributed by atoms with Crippen LogP contribution in [0.1, 0.15) is 33.3 Å². The third-order valence-corrected chi connectivity index (χ3v) is 7.67. The molecule has 2 aromatic heterocycles. The quantitative estimate of drug-likeness (QED) is 0.156. The van der Waals surface area contributed by atoms with Gasteiger partial charge in [-0.25, -0.2) is 13.2 Å². The molecule has 0 amide bonds. The lowest BCUT2D eigenvalue weighted by atomic mass is 9.87. The molecule has 2 N–H and O–H groups in total. The number of carbonyl (C=O) groups is 1. The van der Waals surface area contributed by atoms with Crippen molar-refractivity contribution < 1.29 is 27.8 Å². The Balaban J connectivity index is 1.29. The molecule has 5 rings (SSSR count). The highest BCUT2D eigenvalue weighted by molar-refractivity contribution is 7.92. The number of sulfonamides is 1. The topological polar surface area (TPSA) is 116 Å². The van der Waals surface area contributed by atoms with Gasteiger partial charge in [0.2, 0.25) is 0 Å². The summed E-state index contributed by atoms with van der Waals surface area (Å²) in [5.41, 5.74) is 3.84. The molecule has 0 saturated carbocycles. The minimum Gasteiger partial charge on any atom is -0.506 e. The van der Waals surface area contributed by atoms with Gasteiger partial charge in [-0.2, -0.15) is 0 Å². The van der Waals surface area contributed by atoms with E-state index in [0.717, 1.165) is 16.6 Å². The van der Waals surface area contributed by atoms with Crippen LogP contribution < -0.4 is 9.46 Å². The molecule has 0 saturated heterocycles. The van der Waals surface area contributed by atoms with Crippen LogP contribution in [-0.4, -0.2) is 46.8 Å². The number of ether oxygens (including phenoxy) is 2. The van der Waals surface area contributed by atoms with E-state index in [1.165, 1.54) is 0 Å². The number of nitrogens with one attached hydrogen (secondary N) is 1. The summed E-state index contributed by atoms with van der Waals surface area (Å²) in [6, 6.07) is 16.8. The average molecular weight is 551 g/mol. The van der Waals surface area contributed by atoms with Crippen LogP contribution in [0.3, 0.4) is 0 Å². The normalized spacial score (nSPS) is 12.3. The van der Waals surface area contributed by atoms with Crippen LogP contribution in [0, 0.1) is 0 Å². The Morgan fingerprint density at radius 1 is 0.974 bits per heavy atom. The molecule has 0 radical (unpaired) electrons. The predicted molar refractivity (Wildman–Crippen MR) is 148 cm³/mol. The van der Waals surface area contributed by atoms with Crippen LogP contribution in [0.25, 0.3) is 16.7 Å². The number of aromatic hydroxyl groups is 1. The van der Waals surface area contributed by atoms with Crippen LogP contribution >= 0.6 is 0 Å². The van der Waals surface area contributed by atoms with Crippen LogP contribution in [-0.2, 0) is 25.0 Å². The van der Waals surface area contributed by atoms with E-state index >= 15 is 0 Å². The number of fused-ring (bicyclic) bond motifs is 4. The van der Waals surface area contributed by atoms with Crippen LogP contribution in [0.5, 0.6) is 11.5 Å². The largest absolute Gasteiger partial charge is 0.506 e. The summed E-state index contributed by atoms with van der Waals surface area (Å²) in [7, 11) is -3.86. The summed E-state index contributed by atoms with van der Waals surface area (Å²) in [5, 5.41) is 10.5. The summed E-state index contributed by atoms with van der Waals surface area (Å²) in [6.07, 6.45) is 0. The molecule has 10 nitrogen and oxygen atoms in total. The first kappa shape index (κ1) is 26.2. The fourth-order valence-electron chi connectivity index (χ4n) is 4.09. The van der Waals surface area contributed by atoms with E-state index in [-0.39, 0.29) is 29.3 Å². The average Bonchev–Trinajstić information content (AvgIpc) is 3.53. The van der Waals surface area contributed by atoms with Crippen molar-refractivity contribution in [2.75, 3.05) is 17.9 Å². The number of hydrogen-bond donors (Lipinski definition) is 2. The molecular formula is C28H30N4O6S. The van der Waals surface area contributed by atoms with Crippen molar-refractivity contribution in [3.8, 4) is 17.2 Å². The van der Waals surface area contributed by atoms with Gasteiger partial charge in [-0.3, -0.25) is 4.72 Å². The zero-order valence-corrected chi connectivity index (χ0v) is 22.9. The van der Waals surface area contributed by atoms with Crippen molar-refractivity contribution in [2.45, 2.75) is 38.0 Å². The Hall–Kier alpha value is -4.38. The van der Waals surface area contributed by atoms with Crippen molar-refractivity contribution in [1.82, 2.24) is 14.1 Å². The second-order valence-corrected chi connectivity index (χ2v) is 12.0. The number of phenolic OH excluding ortho intramolecular Hbond substituents is 1. The number of rotatable bonds is 9. The first-order valence-electron chi connectivity index (χ1n) is 12.3. The van der Waals surface area contributed by atoms with Gasteiger partial charge in [0, 0.05) is 11.3 Å². The lowest BCUT2D eigenvalue weighted by Crippen LogP contribution is -2.14. The number of aromatic nitrogens is 3. The minimum atomic E-state index is -3.86. The van der Waals surface area contributed by atoms with Crippen LogP contribution in [0.15, 0.2) is 77.7 Å². The van der Waals surface area contributed by atoms with E-state index in [9.17, 15) is 18.3 Å². The van der Waals surface area contributed by atoms with Gasteiger partial charge in [0.05, 0.1) is 4.90 Å². The van der Waals surface area contributed by atoms with E-state index in [4.69, 9.17) is 9.47 Å². The highest BCUT2D eigenvalue weighted by Gasteiger charge is 2.28. The Kier molecular flexibility index (Phi) is 6.34. The molecule has 0 aliphatic carbocycles. The van der Waals surface area contributed by atoms with Gasteiger partial charge in [0.25, 0.3) is 10.0 Å². The second-order valence-electron chi connectivity index (χ2n) is 10.4. The molecular weight excluding hydrogens is 520 g/mol. The number of nitrogens with zero attached hydrogens (tertiary/aromatic N) is 3. The third-order valence-electron chi connectivity index (χ3n) is 6.29. The fraction of sp³-hybridized carbons (Fsp3) is 0.250. The van der Waals surface area contributed by atoms with Gasteiger partial charge >= 0.3 is 5.97 Å². The Labute approximate surface area is 226 Å². The van der Waals surface area contributed by atoms with E-state index < -0.39 is 16.0 Å². The van der Waals surface area contributed by atoms with E-state index in [1.807, 2.05) is 16.8 Å². The fourth-order valence-corrected chi connectivity index (χ4v) is 5.17. The third kappa shape index (κ3) is 5.05. The predicted octanol–water partition coefficient (Wildman–Crippen LogP) is 4.72. The molecule has 3 aromatic carbocycles. The standard InChI is InChI=1S/C28H30N4O6S/c1-18(2)27(34)38-15-14-37-21-9-7-20(8-10-21)29-39(35,36)22-11-12-23-24(17-22)31-30(23)32(31)25-16-19(28(3,4)5)6-13-26(25)33/h6-13,16-17,29,33H,1,14-15H2,2-5H3. The number of anilines is 1. The second kappa shape index (κ2) is 9.42. The maximum absolute atomic E-state index is 13.1. The summed E-state index contributed by atoms with van der Waals surface area (Å²) >= 11 is 0. The molecule has 0 spiro atoms. The molecule has 0 fully saturated rings. The molecule has 5 aromatic rings. The zero-order valence-electron chi connectivity index (χ0n) is 22.1. The summed E-state index contributed by atoms with van der Waals surface area (Å²) in [5.74, 6) is 0.162. The molecule has 0 atom stereocenters. The van der Waals surface area contributed by atoms with E-state index in [0.29, 0.717) is 22.7 Å². The van der Waals surface area contributed by atoms with Gasteiger partial charge in [0.1, 0.15) is 41.4 Å². The zero-order chi connectivity index (χ0) is 28.1. The lowest BCUT2D eigenvalue weighted by Gasteiger charge is -2.19. The van der Waals surface area contributed by atoms with Crippen molar-refractivity contribution in [1.29, 1.82) is 0 Å². The van der Waals surface area contributed by atoms with E-state index in [1.54, 1.807) is 64.9 Å². The van der Waals surface area contributed by atoms with Crippen LogP contribution in [0.4, 0.5) is 5.69 Å². The van der Waals surface area contributed by atoms with Gasteiger partial charge in [-0.05, 0) is 72.5 Å². The van der Waals surface area contributed by atoms with Crippen molar-refractivity contribution in [3.05, 3.63) is 78.4 Å². The minimum absolute atomic E-state index is 0.0753. The number of benzene rings is 3. The number of esters is 1. The maximum Gasteiger partial charge on any atom is 0.333 e. The van der Waals surface area contributed by atoms with Gasteiger partial charge < -0.3 is 14.6 Å². The summed E-state index contributed by atoms with van der Waals surface area (Å²) < 4.78 is 42.9. The van der Waals surface area contributed by atoms with Crippen LogP contribution in [0.2, 0.25) is 0 Å². The molecule has 0 bridgehead atoms. The first-order valence-corrected chi connectivity index (χ1v) is 13.8. The summed E-state index contributed by atoms with van der Waals surface area (Å²) in [4.78, 5) is 13.3. The van der Waals surface area contributed by atoms with E-state index in [2.05, 4.69) is 32.1 Å². The Bertz CT molecular complexity index is 1790. The molecule has 0 unspecified atom stereocenters. The van der Waals surface area contributed by atoms with Gasteiger partial charge in [-0.1, -0.05) is 33.4 Å². The lowest BCUT2D eigenvalue weighted by molar-refractivity contribution is -0.139. The smallest absolute Gasteiger partial charge is 0.333 e. The first-order chi connectivity index (χ1) is 18.4. The molecule has 2 heterocycles. The monoisotopic (exact) mass is 550 g/mol. The summed E-state index contributed by atoms with van der Waals surface area (Å²) in [6.45, 7) is 11.6. The highest BCUT2D eigenvalue weighted by Crippen LogP contribution is 2.35. The molecule has 0 aliphatic rings. The highest BCUT2D eigenvalue weighted by atomic mass is 32.2. The maximum atomic E-state index is 13.1. The SMILES string of the molecule is C=C(C)C(=O)OCCOc1ccc(NS(=O)(=O)c2ccc3c(c2)n2n(-c4cc(C(C)(C)C)ccc4O)n32)cc1. The van der Waals surface area contributed by atoms with Crippen molar-refractivity contribution in [3.63, 3.8) is 0 Å². The molecule has 39 heavy (non-hydrogen) atoms. The number of hydrogen-bond acceptors (Lipinski definition) is 6. The van der Waals surface area contributed by atoms with Gasteiger partial charge in [0.15, 0.2) is 0 Å². The Morgan fingerprint density at radius 2 is 1.67 bits per heavy atom. The number of carbonyl (C=O) groups excluding carboxylic acids is 1. The van der Waals surface area contributed by atoms with Gasteiger partial charge in [-0.15, -0.1) is 14.1 Å². The van der Waals surface area contributed by atoms with Crippen molar-refractivity contribution >= 4 is 32.7 Å². The molecule has 11 heteroatoms. The number of phenols is 1.